The molecule has 0 saturated heterocycles. The third-order valence-electron chi connectivity index (χ3n) is 3.92. The lowest BCUT2D eigenvalue weighted by Crippen LogP contribution is -2.37. The number of benzene rings is 2. The summed E-state index contributed by atoms with van der Waals surface area (Å²) in [6.45, 7) is 2.01. The van der Waals surface area contributed by atoms with Gasteiger partial charge in [0.2, 0.25) is 5.95 Å². The van der Waals surface area contributed by atoms with E-state index in [0.717, 1.165) is 0 Å². The summed E-state index contributed by atoms with van der Waals surface area (Å²) in [4.78, 5) is 29.0. The lowest BCUT2D eigenvalue weighted by atomic mass is 10.2. The van der Waals surface area contributed by atoms with Crippen LogP contribution < -0.4 is 25.9 Å². The van der Waals surface area contributed by atoms with Gasteiger partial charge < -0.3 is 9.47 Å². The molecule has 0 aliphatic heterocycles. The van der Waals surface area contributed by atoms with Crippen LogP contribution in [-0.4, -0.2) is 29.2 Å². The molecule has 27 heavy (non-hydrogen) atoms. The molecule has 140 valence electrons. The van der Waals surface area contributed by atoms with E-state index in [2.05, 4.69) is 15.8 Å². The molecular formula is C19H20N4O4. The van der Waals surface area contributed by atoms with Crippen LogP contribution in [0.3, 0.4) is 0 Å². The summed E-state index contributed by atoms with van der Waals surface area (Å²) in [5, 5.41) is 0.524. The summed E-state index contributed by atoms with van der Waals surface area (Å²) in [6, 6.07) is 14.1. The van der Waals surface area contributed by atoms with Gasteiger partial charge in [0, 0.05) is 6.54 Å². The Kier molecular flexibility index (Phi) is 5.55. The number of nitrogens with zero attached hydrogens (tertiary/aromatic N) is 2. The van der Waals surface area contributed by atoms with Crippen LogP contribution in [0.25, 0.3) is 10.9 Å². The smallest absolute Gasteiger partial charge is 0.276 e. The van der Waals surface area contributed by atoms with Crippen molar-refractivity contribution >= 4 is 22.8 Å². The summed E-state index contributed by atoms with van der Waals surface area (Å²) < 4.78 is 12.1. The third kappa shape index (κ3) is 4.00. The SMILES string of the molecule is CCn1c(NNC(=O)COc2ccccc2OC)nc2ccccc2c1=O. The molecule has 0 aliphatic carbocycles. The minimum absolute atomic E-state index is 0.176. The number of hydrogen-bond donors (Lipinski definition) is 2. The van der Waals surface area contributed by atoms with Gasteiger partial charge in [0.05, 0.1) is 18.0 Å². The Labute approximate surface area is 155 Å². The monoisotopic (exact) mass is 368 g/mol. The second-order valence-electron chi connectivity index (χ2n) is 5.61. The van der Waals surface area contributed by atoms with Crippen molar-refractivity contribution in [2.75, 3.05) is 19.1 Å². The van der Waals surface area contributed by atoms with Crippen molar-refractivity contribution in [3.05, 3.63) is 58.9 Å². The van der Waals surface area contributed by atoms with Crippen LogP contribution in [0.5, 0.6) is 11.5 Å². The standard InChI is InChI=1S/C19H20N4O4/c1-3-23-18(25)13-8-4-5-9-14(13)20-19(23)22-21-17(24)12-27-16-11-7-6-10-15(16)26-2/h4-11H,3,12H2,1-2H3,(H,20,22)(H,21,24). The molecule has 0 fully saturated rings. The number of rotatable bonds is 7. The van der Waals surface area contributed by atoms with E-state index in [-0.39, 0.29) is 18.1 Å². The van der Waals surface area contributed by atoms with E-state index < -0.39 is 5.91 Å². The average molecular weight is 368 g/mol. The fourth-order valence-corrected chi connectivity index (χ4v) is 2.60. The summed E-state index contributed by atoms with van der Waals surface area (Å²) in [5.74, 6) is 0.830. The fourth-order valence-electron chi connectivity index (χ4n) is 2.60. The maximum Gasteiger partial charge on any atom is 0.276 e. The molecule has 0 spiro atoms. The number of hydrazine groups is 1. The first-order valence-electron chi connectivity index (χ1n) is 8.44. The Hall–Kier alpha value is -3.55. The number of para-hydroxylation sites is 3. The van der Waals surface area contributed by atoms with Gasteiger partial charge in [-0.15, -0.1) is 0 Å². The predicted octanol–water partition coefficient (Wildman–Crippen LogP) is 1.95. The molecule has 0 radical (unpaired) electrons. The van der Waals surface area contributed by atoms with Crippen LogP contribution in [0.2, 0.25) is 0 Å². The Bertz CT molecular complexity index is 1020. The highest BCUT2D eigenvalue weighted by atomic mass is 16.5. The predicted molar refractivity (Wildman–Crippen MR) is 102 cm³/mol. The van der Waals surface area contributed by atoms with Gasteiger partial charge in [0.1, 0.15) is 0 Å². The number of carbonyl (C=O) groups excluding carboxylic acids is 1. The minimum atomic E-state index is -0.425. The molecule has 0 aliphatic rings. The molecule has 8 heteroatoms. The van der Waals surface area contributed by atoms with Crippen LogP contribution in [0.4, 0.5) is 5.95 Å². The van der Waals surface area contributed by atoms with Crippen molar-refractivity contribution in [1.82, 2.24) is 15.0 Å². The molecule has 0 atom stereocenters. The number of anilines is 1. The molecule has 2 aromatic carbocycles. The van der Waals surface area contributed by atoms with Crippen LogP contribution in [0.15, 0.2) is 53.3 Å². The lowest BCUT2D eigenvalue weighted by molar-refractivity contribution is -0.122. The molecule has 2 N–H and O–H groups in total. The quantitative estimate of drug-likeness (QED) is 0.619. The molecule has 3 aromatic rings. The van der Waals surface area contributed by atoms with E-state index in [1.807, 2.05) is 13.0 Å². The molecule has 1 amide bonds. The molecule has 0 unspecified atom stereocenters. The largest absolute Gasteiger partial charge is 0.493 e. The Morgan fingerprint density at radius 2 is 1.81 bits per heavy atom. The first kappa shape index (κ1) is 18.2. The van der Waals surface area contributed by atoms with Crippen molar-refractivity contribution in [2.24, 2.45) is 0 Å². The number of carbonyl (C=O) groups is 1. The van der Waals surface area contributed by atoms with E-state index in [0.29, 0.717) is 28.9 Å². The first-order chi connectivity index (χ1) is 13.1. The molecule has 1 aromatic heterocycles. The van der Waals surface area contributed by atoms with Crippen molar-refractivity contribution < 1.29 is 14.3 Å². The molecule has 3 rings (SSSR count). The number of aromatic nitrogens is 2. The second kappa shape index (κ2) is 8.22. The number of methoxy groups -OCH3 is 1. The summed E-state index contributed by atoms with van der Waals surface area (Å²) in [7, 11) is 1.53. The van der Waals surface area contributed by atoms with Gasteiger partial charge >= 0.3 is 0 Å². The van der Waals surface area contributed by atoms with Crippen LogP contribution in [0, 0.1) is 0 Å². The van der Waals surface area contributed by atoms with Gasteiger partial charge in [0.25, 0.3) is 11.5 Å². The van der Waals surface area contributed by atoms with Crippen molar-refractivity contribution in [3.63, 3.8) is 0 Å². The zero-order chi connectivity index (χ0) is 19.2. The lowest BCUT2D eigenvalue weighted by Gasteiger charge is -2.14. The van der Waals surface area contributed by atoms with E-state index in [1.165, 1.54) is 11.7 Å². The van der Waals surface area contributed by atoms with E-state index >= 15 is 0 Å². The summed E-state index contributed by atoms with van der Waals surface area (Å²) >= 11 is 0. The van der Waals surface area contributed by atoms with Crippen molar-refractivity contribution in [1.29, 1.82) is 0 Å². The Balaban J connectivity index is 1.69. The topological polar surface area (TPSA) is 94.5 Å². The highest BCUT2D eigenvalue weighted by molar-refractivity contribution is 5.80. The molecule has 0 saturated carbocycles. The Morgan fingerprint density at radius 1 is 1.11 bits per heavy atom. The average Bonchev–Trinajstić information content (AvgIpc) is 2.71. The van der Waals surface area contributed by atoms with Crippen molar-refractivity contribution in [3.8, 4) is 11.5 Å². The highest BCUT2D eigenvalue weighted by Gasteiger charge is 2.11. The normalized spacial score (nSPS) is 10.4. The van der Waals surface area contributed by atoms with Gasteiger partial charge in [-0.25, -0.2) is 4.98 Å². The minimum Gasteiger partial charge on any atom is -0.493 e. The van der Waals surface area contributed by atoms with Gasteiger partial charge in [-0.3, -0.25) is 25.0 Å². The van der Waals surface area contributed by atoms with Gasteiger partial charge in [-0.05, 0) is 31.2 Å². The first-order valence-corrected chi connectivity index (χ1v) is 8.44. The summed E-state index contributed by atoms with van der Waals surface area (Å²) in [5.41, 5.74) is 5.57. The van der Waals surface area contributed by atoms with Gasteiger partial charge in [-0.2, -0.15) is 0 Å². The molecular weight excluding hydrogens is 348 g/mol. The van der Waals surface area contributed by atoms with Crippen molar-refractivity contribution in [2.45, 2.75) is 13.5 Å². The number of hydrogen-bond acceptors (Lipinski definition) is 6. The van der Waals surface area contributed by atoms with Crippen LogP contribution >= 0.6 is 0 Å². The molecule has 0 bridgehead atoms. The number of ether oxygens (including phenoxy) is 2. The molecule has 1 heterocycles. The zero-order valence-corrected chi connectivity index (χ0v) is 15.1. The third-order valence-corrected chi connectivity index (χ3v) is 3.92. The van der Waals surface area contributed by atoms with E-state index in [9.17, 15) is 9.59 Å². The van der Waals surface area contributed by atoms with Gasteiger partial charge in [-0.1, -0.05) is 24.3 Å². The fraction of sp³-hybridized carbons (Fsp3) is 0.211. The van der Waals surface area contributed by atoms with E-state index in [1.54, 1.807) is 42.5 Å². The Morgan fingerprint density at radius 3 is 2.56 bits per heavy atom. The second-order valence-corrected chi connectivity index (χ2v) is 5.61. The maximum atomic E-state index is 12.5. The van der Waals surface area contributed by atoms with Crippen LogP contribution in [-0.2, 0) is 11.3 Å². The highest BCUT2D eigenvalue weighted by Crippen LogP contribution is 2.25. The zero-order valence-electron chi connectivity index (χ0n) is 15.1. The van der Waals surface area contributed by atoms with E-state index in [4.69, 9.17) is 9.47 Å². The number of nitrogens with one attached hydrogen (secondary N) is 2. The maximum absolute atomic E-state index is 12.5. The van der Waals surface area contributed by atoms with Crippen LogP contribution in [0.1, 0.15) is 6.92 Å². The summed E-state index contributed by atoms with van der Waals surface area (Å²) in [6.07, 6.45) is 0. The number of amides is 1. The molecule has 8 nitrogen and oxygen atoms in total. The number of fused-ring (bicyclic) bond motifs is 1. The van der Waals surface area contributed by atoms with Gasteiger partial charge in [0.15, 0.2) is 18.1 Å².